The average molecular weight is 306 g/mol. The Hall–Kier alpha value is -1.18. The van der Waals surface area contributed by atoms with Crippen LogP contribution in [0.15, 0.2) is 6.07 Å². The minimum atomic E-state index is -0.247. The van der Waals surface area contributed by atoms with Crippen LogP contribution in [-0.2, 0) is 19.3 Å². The monoisotopic (exact) mass is 306 g/mol. The standard InChI is InChI=1S/C20H34O2/c1-7-10-12-16-15(9-3)19(22-20(4,5)6)14-18(21)17(16)13-11-8-2/h14,21H,7-13H2,1-6H3. The fourth-order valence-electron chi connectivity index (χ4n) is 2.88. The van der Waals surface area contributed by atoms with Gasteiger partial charge in [0.2, 0.25) is 0 Å². The van der Waals surface area contributed by atoms with E-state index in [-0.39, 0.29) is 5.60 Å². The Bertz CT molecular complexity index is 470. The molecule has 126 valence electrons. The van der Waals surface area contributed by atoms with Crippen molar-refractivity contribution in [2.24, 2.45) is 0 Å². The van der Waals surface area contributed by atoms with Gasteiger partial charge in [0.25, 0.3) is 0 Å². The molecule has 0 atom stereocenters. The molecule has 0 amide bonds. The summed E-state index contributed by atoms with van der Waals surface area (Å²) in [6, 6.07) is 1.84. The van der Waals surface area contributed by atoms with Crippen molar-refractivity contribution in [3.63, 3.8) is 0 Å². The van der Waals surface area contributed by atoms with Crippen molar-refractivity contribution in [1.29, 1.82) is 0 Å². The van der Waals surface area contributed by atoms with Gasteiger partial charge in [-0.3, -0.25) is 0 Å². The maximum atomic E-state index is 10.5. The fraction of sp³-hybridized carbons (Fsp3) is 0.700. The molecule has 0 unspecified atom stereocenters. The van der Waals surface area contributed by atoms with Crippen molar-refractivity contribution in [3.8, 4) is 11.5 Å². The first kappa shape index (κ1) is 18.9. The van der Waals surface area contributed by atoms with Crippen LogP contribution < -0.4 is 4.74 Å². The van der Waals surface area contributed by atoms with Gasteiger partial charge in [-0.2, -0.15) is 0 Å². The number of phenolic OH excluding ortho intramolecular Hbond substituents is 1. The number of phenols is 1. The minimum Gasteiger partial charge on any atom is -0.508 e. The predicted molar refractivity (Wildman–Crippen MR) is 95.1 cm³/mol. The van der Waals surface area contributed by atoms with Crippen molar-refractivity contribution >= 4 is 0 Å². The van der Waals surface area contributed by atoms with Crippen LogP contribution in [0.1, 0.15) is 83.9 Å². The molecule has 1 aromatic carbocycles. The predicted octanol–water partition coefficient (Wildman–Crippen LogP) is 5.82. The van der Waals surface area contributed by atoms with E-state index in [4.69, 9.17) is 4.74 Å². The Labute approximate surface area is 136 Å². The second-order valence-electron chi connectivity index (χ2n) is 7.10. The van der Waals surface area contributed by atoms with Gasteiger partial charge in [0.1, 0.15) is 17.1 Å². The SMILES string of the molecule is CCCCc1c(O)cc(OC(C)(C)C)c(CC)c1CCCC. The van der Waals surface area contributed by atoms with Crippen LogP contribution in [0.4, 0.5) is 0 Å². The maximum absolute atomic E-state index is 10.5. The van der Waals surface area contributed by atoms with Gasteiger partial charge in [-0.1, -0.05) is 33.6 Å². The molecule has 22 heavy (non-hydrogen) atoms. The number of ether oxygens (including phenoxy) is 1. The lowest BCUT2D eigenvalue weighted by molar-refractivity contribution is 0.129. The summed E-state index contributed by atoms with van der Waals surface area (Å²) in [5.41, 5.74) is 3.52. The van der Waals surface area contributed by atoms with E-state index in [2.05, 4.69) is 41.5 Å². The third-order valence-corrected chi connectivity index (χ3v) is 3.93. The molecule has 0 heterocycles. The second kappa shape index (κ2) is 8.45. The van der Waals surface area contributed by atoms with Gasteiger partial charge in [-0.15, -0.1) is 0 Å². The number of hydrogen-bond donors (Lipinski definition) is 1. The van der Waals surface area contributed by atoms with E-state index in [0.29, 0.717) is 5.75 Å². The lowest BCUT2D eigenvalue weighted by Gasteiger charge is -2.26. The van der Waals surface area contributed by atoms with Crippen LogP contribution in [0.25, 0.3) is 0 Å². The first-order valence-corrected chi connectivity index (χ1v) is 8.89. The highest BCUT2D eigenvalue weighted by atomic mass is 16.5. The van der Waals surface area contributed by atoms with Crippen LogP contribution in [0.2, 0.25) is 0 Å². The fourth-order valence-corrected chi connectivity index (χ4v) is 2.88. The van der Waals surface area contributed by atoms with Crippen LogP contribution >= 0.6 is 0 Å². The molecule has 2 heteroatoms. The zero-order valence-electron chi connectivity index (χ0n) is 15.4. The highest BCUT2D eigenvalue weighted by Gasteiger charge is 2.20. The number of aromatic hydroxyl groups is 1. The Morgan fingerprint density at radius 2 is 1.45 bits per heavy atom. The average Bonchev–Trinajstić information content (AvgIpc) is 2.42. The molecule has 1 rings (SSSR count). The molecule has 2 nitrogen and oxygen atoms in total. The summed E-state index contributed by atoms with van der Waals surface area (Å²) >= 11 is 0. The number of unbranched alkanes of at least 4 members (excludes halogenated alkanes) is 2. The van der Waals surface area contributed by atoms with E-state index < -0.39 is 0 Å². The second-order valence-corrected chi connectivity index (χ2v) is 7.10. The third-order valence-electron chi connectivity index (χ3n) is 3.93. The zero-order valence-corrected chi connectivity index (χ0v) is 15.4. The van der Waals surface area contributed by atoms with Gasteiger partial charge in [0.05, 0.1) is 0 Å². The summed E-state index contributed by atoms with van der Waals surface area (Å²) in [6.45, 7) is 12.8. The number of benzene rings is 1. The first-order chi connectivity index (χ1) is 10.3. The lowest BCUT2D eigenvalue weighted by Crippen LogP contribution is -2.24. The Morgan fingerprint density at radius 3 is 1.91 bits per heavy atom. The summed E-state index contributed by atoms with van der Waals surface area (Å²) in [5.74, 6) is 1.27. The van der Waals surface area contributed by atoms with Crippen molar-refractivity contribution in [2.45, 2.75) is 92.1 Å². The zero-order chi connectivity index (χ0) is 16.8. The van der Waals surface area contributed by atoms with Crippen molar-refractivity contribution in [2.75, 3.05) is 0 Å². The molecule has 0 aliphatic rings. The molecule has 0 saturated carbocycles. The van der Waals surface area contributed by atoms with Crippen LogP contribution in [0.5, 0.6) is 11.5 Å². The van der Waals surface area contributed by atoms with E-state index in [1.165, 1.54) is 17.5 Å². The van der Waals surface area contributed by atoms with E-state index >= 15 is 0 Å². The van der Waals surface area contributed by atoms with Gasteiger partial charge in [-0.25, -0.2) is 0 Å². The largest absolute Gasteiger partial charge is 0.508 e. The Balaban J connectivity index is 3.33. The summed E-state index contributed by atoms with van der Waals surface area (Å²) in [7, 11) is 0. The van der Waals surface area contributed by atoms with Crippen molar-refractivity contribution in [1.82, 2.24) is 0 Å². The third kappa shape index (κ3) is 5.23. The molecule has 0 saturated heterocycles. The number of hydrogen-bond acceptors (Lipinski definition) is 2. The Morgan fingerprint density at radius 1 is 0.909 bits per heavy atom. The maximum Gasteiger partial charge on any atom is 0.127 e. The summed E-state index contributed by atoms with van der Waals surface area (Å²) < 4.78 is 6.12. The van der Waals surface area contributed by atoms with E-state index in [1.54, 1.807) is 0 Å². The molecule has 0 fully saturated rings. The topological polar surface area (TPSA) is 29.5 Å². The number of rotatable bonds is 8. The summed E-state index contributed by atoms with van der Waals surface area (Å²) in [4.78, 5) is 0. The molecule has 0 bridgehead atoms. The first-order valence-electron chi connectivity index (χ1n) is 8.89. The van der Waals surface area contributed by atoms with E-state index in [0.717, 1.165) is 49.8 Å². The van der Waals surface area contributed by atoms with Gasteiger partial charge >= 0.3 is 0 Å². The molecular formula is C20H34O2. The van der Waals surface area contributed by atoms with Gasteiger partial charge in [0.15, 0.2) is 0 Å². The van der Waals surface area contributed by atoms with Gasteiger partial charge < -0.3 is 9.84 Å². The van der Waals surface area contributed by atoms with E-state index in [9.17, 15) is 5.11 Å². The van der Waals surface area contributed by atoms with Crippen molar-refractivity contribution in [3.05, 3.63) is 22.8 Å². The highest BCUT2D eigenvalue weighted by Crippen LogP contribution is 2.37. The normalized spacial score (nSPS) is 11.7. The molecule has 0 aliphatic heterocycles. The molecular weight excluding hydrogens is 272 g/mol. The summed E-state index contributed by atoms with van der Waals surface area (Å²) in [5, 5.41) is 10.5. The highest BCUT2D eigenvalue weighted by molar-refractivity contribution is 5.53. The molecule has 0 aliphatic carbocycles. The molecule has 0 spiro atoms. The summed E-state index contributed by atoms with van der Waals surface area (Å²) in [6.07, 6.45) is 7.54. The molecule has 1 N–H and O–H groups in total. The minimum absolute atomic E-state index is 0.247. The lowest BCUT2D eigenvalue weighted by atomic mass is 9.90. The smallest absolute Gasteiger partial charge is 0.127 e. The van der Waals surface area contributed by atoms with Gasteiger partial charge in [-0.05, 0) is 69.6 Å². The van der Waals surface area contributed by atoms with Crippen molar-refractivity contribution < 1.29 is 9.84 Å². The van der Waals surface area contributed by atoms with Crippen LogP contribution in [0, 0.1) is 0 Å². The van der Waals surface area contributed by atoms with E-state index in [1.807, 2.05) is 6.07 Å². The van der Waals surface area contributed by atoms with Crippen LogP contribution in [0.3, 0.4) is 0 Å². The quantitative estimate of drug-likeness (QED) is 0.656. The molecule has 0 aromatic heterocycles. The van der Waals surface area contributed by atoms with Crippen LogP contribution in [-0.4, -0.2) is 10.7 Å². The Kier molecular flexibility index (Phi) is 7.25. The molecule has 0 radical (unpaired) electrons. The molecule has 1 aromatic rings. The van der Waals surface area contributed by atoms with Gasteiger partial charge in [0, 0.05) is 6.07 Å².